The van der Waals surface area contributed by atoms with Crippen LogP contribution in [0.15, 0.2) is 42.6 Å². The average Bonchev–Trinajstić information content (AvgIpc) is 2.41. The second kappa shape index (κ2) is 5.91. The lowest BCUT2D eigenvalue weighted by Crippen LogP contribution is -2.30. The van der Waals surface area contributed by atoms with Crippen molar-refractivity contribution >= 4 is 11.6 Å². The van der Waals surface area contributed by atoms with Gasteiger partial charge in [-0.25, -0.2) is 4.39 Å². The minimum atomic E-state index is -0.407. The molecule has 94 valence electrons. The third-order valence-corrected chi connectivity index (χ3v) is 2.99. The molecule has 1 unspecified atom stereocenters. The zero-order valence-corrected chi connectivity index (χ0v) is 10.4. The van der Waals surface area contributed by atoms with Crippen LogP contribution in [0.1, 0.15) is 17.3 Å². The standard InChI is InChI=1S/C13H13ClFN3/c14-10-5-3-4-9(13(10)15)8-12(18-16)11-6-1-2-7-17-11/h1-7,12,18H,8,16H2. The van der Waals surface area contributed by atoms with Crippen LogP contribution in [-0.4, -0.2) is 4.98 Å². The van der Waals surface area contributed by atoms with Crippen LogP contribution in [0.5, 0.6) is 0 Å². The molecule has 5 heteroatoms. The minimum Gasteiger partial charge on any atom is -0.271 e. The summed E-state index contributed by atoms with van der Waals surface area (Å²) in [5.74, 6) is 5.09. The fourth-order valence-electron chi connectivity index (χ4n) is 1.76. The molecular formula is C13H13ClFN3. The Morgan fingerprint density at radius 2 is 2.11 bits per heavy atom. The maximum atomic E-state index is 13.8. The first-order chi connectivity index (χ1) is 8.72. The van der Waals surface area contributed by atoms with E-state index in [1.54, 1.807) is 18.3 Å². The summed E-state index contributed by atoms with van der Waals surface area (Å²) in [6, 6.07) is 10.2. The lowest BCUT2D eigenvalue weighted by molar-refractivity contribution is 0.519. The average molecular weight is 266 g/mol. The van der Waals surface area contributed by atoms with Gasteiger partial charge in [-0.3, -0.25) is 16.3 Å². The number of nitrogens with one attached hydrogen (secondary N) is 1. The highest BCUT2D eigenvalue weighted by atomic mass is 35.5. The molecule has 0 saturated carbocycles. The summed E-state index contributed by atoms with van der Waals surface area (Å²) in [5, 5.41) is 0.115. The molecular weight excluding hydrogens is 253 g/mol. The summed E-state index contributed by atoms with van der Waals surface area (Å²) in [7, 11) is 0. The number of aromatic nitrogens is 1. The van der Waals surface area contributed by atoms with E-state index in [2.05, 4.69) is 10.4 Å². The van der Waals surface area contributed by atoms with Gasteiger partial charge in [0.1, 0.15) is 5.82 Å². The molecule has 0 amide bonds. The van der Waals surface area contributed by atoms with Crippen molar-refractivity contribution in [1.82, 2.24) is 10.4 Å². The van der Waals surface area contributed by atoms with Crippen molar-refractivity contribution in [2.75, 3.05) is 0 Å². The van der Waals surface area contributed by atoms with Crippen molar-refractivity contribution in [1.29, 1.82) is 0 Å². The molecule has 1 aromatic carbocycles. The number of hydrogen-bond acceptors (Lipinski definition) is 3. The van der Waals surface area contributed by atoms with Gasteiger partial charge in [-0.05, 0) is 30.2 Å². The van der Waals surface area contributed by atoms with Crippen molar-refractivity contribution < 1.29 is 4.39 Å². The number of nitrogens with zero attached hydrogens (tertiary/aromatic N) is 1. The number of pyridine rings is 1. The summed E-state index contributed by atoms with van der Waals surface area (Å²) in [6.45, 7) is 0. The Labute approximate surface area is 110 Å². The first kappa shape index (κ1) is 13.0. The first-order valence-electron chi connectivity index (χ1n) is 5.52. The minimum absolute atomic E-state index is 0.115. The van der Waals surface area contributed by atoms with Gasteiger partial charge in [0, 0.05) is 6.20 Å². The summed E-state index contributed by atoms with van der Waals surface area (Å²) in [5.41, 5.74) is 3.91. The van der Waals surface area contributed by atoms with E-state index in [9.17, 15) is 4.39 Å². The topological polar surface area (TPSA) is 50.9 Å². The molecule has 0 radical (unpaired) electrons. The highest BCUT2D eigenvalue weighted by Crippen LogP contribution is 2.22. The molecule has 0 bridgehead atoms. The van der Waals surface area contributed by atoms with Crippen molar-refractivity contribution in [3.05, 3.63) is 64.7 Å². The molecule has 0 aliphatic heterocycles. The van der Waals surface area contributed by atoms with Crippen LogP contribution in [0.3, 0.4) is 0 Å². The number of rotatable bonds is 4. The summed E-state index contributed by atoms with van der Waals surface area (Å²) in [4.78, 5) is 4.20. The fraction of sp³-hybridized carbons (Fsp3) is 0.154. The van der Waals surface area contributed by atoms with Gasteiger partial charge in [0.15, 0.2) is 0 Å². The van der Waals surface area contributed by atoms with Gasteiger partial charge in [0.05, 0.1) is 16.8 Å². The molecule has 2 aromatic rings. The van der Waals surface area contributed by atoms with Crippen LogP contribution in [0.4, 0.5) is 4.39 Å². The Morgan fingerprint density at radius 1 is 1.28 bits per heavy atom. The third kappa shape index (κ3) is 2.85. The second-order valence-corrected chi connectivity index (χ2v) is 4.30. The van der Waals surface area contributed by atoms with Gasteiger partial charge in [0.2, 0.25) is 0 Å². The van der Waals surface area contributed by atoms with Gasteiger partial charge in [-0.1, -0.05) is 29.8 Å². The SMILES string of the molecule is NNC(Cc1cccc(Cl)c1F)c1ccccn1. The largest absolute Gasteiger partial charge is 0.271 e. The highest BCUT2D eigenvalue weighted by Gasteiger charge is 2.15. The Balaban J connectivity index is 2.24. The van der Waals surface area contributed by atoms with Crippen LogP contribution in [0, 0.1) is 5.82 Å². The van der Waals surface area contributed by atoms with E-state index in [1.165, 1.54) is 6.07 Å². The zero-order valence-electron chi connectivity index (χ0n) is 9.61. The van der Waals surface area contributed by atoms with E-state index in [0.717, 1.165) is 5.69 Å². The molecule has 0 fully saturated rings. The summed E-state index contributed by atoms with van der Waals surface area (Å²) < 4.78 is 13.8. The van der Waals surface area contributed by atoms with Crippen molar-refractivity contribution in [3.8, 4) is 0 Å². The Morgan fingerprint density at radius 3 is 2.78 bits per heavy atom. The highest BCUT2D eigenvalue weighted by molar-refractivity contribution is 6.30. The number of nitrogens with two attached hydrogens (primary N) is 1. The molecule has 1 heterocycles. The second-order valence-electron chi connectivity index (χ2n) is 3.89. The molecule has 18 heavy (non-hydrogen) atoms. The lowest BCUT2D eigenvalue weighted by atomic mass is 10.0. The van der Waals surface area contributed by atoms with E-state index in [1.807, 2.05) is 18.2 Å². The van der Waals surface area contributed by atoms with Crippen molar-refractivity contribution in [2.24, 2.45) is 5.84 Å². The third-order valence-electron chi connectivity index (χ3n) is 2.70. The molecule has 3 N–H and O–H groups in total. The quantitative estimate of drug-likeness (QED) is 0.660. The number of hydrogen-bond donors (Lipinski definition) is 2. The molecule has 0 saturated heterocycles. The van der Waals surface area contributed by atoms with E-state index >= 15 is 0 Å². The number of halogens is 2. The Kier molecular flexibility index (Phi) is 4.25. The van der Waals surface area contributed by atoms with Crippen LogP contribution < -0.4 is 11.3 Å². The Hall–Kier alpha value is -1.49. The van der Waals surface area contributed by atoms with Crippen LogP contribution >= 0.6 is 11.6 Å². The maximum Gasteiger partial charge on any atom is 0.145 e. The molecule has 1 atom stereocenters. The molecule has 3 nitrogen and oxygen atoms in total. The smallest absolute Gasteiger partial charge is 0.145 e. The fourth-order valence-corrected chi connectivity index (χ4v) is 1.95. The molecule has 0 aliphatic carbocycles. The van der Waals surface area contributed by atoms with E-state index in [0.29, 0.717) is 12.0 Å². The van der Waals surface area contributed by atoms with Crippen molar-refractivity contribution in [2.45, 2.75) is 12.5 Å². The predicted molar refractivity (Wildman–Crippen MR) is 69.4 cm³/mol. The monoisotopic (exact) mass is 265 g/mol. The molecule has 1 aromatic heterocycles. The van der Waals surface area contributed by atoms with Gasteiger partial charge >= 0.3 is 0 Å². The van der Waals surface area contributed by atoms with E-state index in [4.69, 9.17) is 17.4 Å². The predicted octanol–water partition coefficient (Wildman–Crippen LogP) is 2.62. The molecule has 2 rings (SSSR count). The van der Waals surface area contributed by atoms with Gasteiger partial charge in [0.25, 0.3) is 0 Å². The van der Waals surface area contributed by atoms with Crippen LogP contribution in [0.2, 0.25) is 5.02 Å². The number of hydrazine groups is 1. The normalized spacial score (nSPS) is 12.4. The van der Waals surface area contributed by atoms with Crippen LogP contribution in [0.25, 0.3) is 0 Å². The first-order valence-corrected chi connectivity index (χ1v) is 5.90. The van der Waals surface area contributed by atoms with Gasteiger partial charge in [-0.15, -0.1) is 0 Å². The van der Waals surface area contributed by atoms with Crippen molar-refractivity contribution in [3.63, 3.8) is 0 Å². The maximum absolute atomic E-state index is 13.8. The zero-order chi connectivity index (χ0) is 13.0. The van der Waals surface area contributed by atoms with Gasteiger partial charge in [-0.2, -0.15) is 0 Å². The molecule has 0 aliphatic rings. The lowest BCUT2D eigenvalue weighted by Gasteiger charge is -2.15. The van der Waals surface area contributed by atoms with Gasteiger partial charge < -0.3 is 0 Å². The van der Waals surface area contributed by atoms with E-state index in [-0.39, 0.29) is 11.1 Å². The summed E-state index contributed by atoms with van der Waals surface area (Å²) in [6.07, 6.45) is 2.06. The molecule has 0 spiro atoms. The summed E-state index contributed by atoms with van der Waals surface area (Å²) >= 11 is 5.74. The van der Waals surface area contributed by atoms with E-state index < -0.39 is 5.82 Å². The Bertz CT molecular complexity index is 519. The van der Waals surface area contributed by atoms with Crippen LogP contribution in [-0.2, 0) is 6.42 Å². The number of benzene rings is 1.